The summed E-state index contributed by atoms with van der Waals surface area (Å²) in [6, 6.07) is 16.2. The summed E-state index contributed by atoms with van der Waals surface area (Å²) in [6.07, 6.45) is -4.76. The van der Waals surface area contributed by atoms with Gasteiger partial charge < -0.3 is 9.84 Å². The van der Waals surface area contributed by atoms with Gasteiger partial charge in [-0.15, -0.1) is 13.2 Å². The maximum Gasteiger partial charge on any atom is 0.573 e. The Morgan fingerprint density at radius 2 is 1.62 bits per heavy atom. The Bertz CT molecular complexity index is 1480. The Morgan fingerprint density at radius 3 is 2.21 bits per heavy atom. The monoisotopic (exact) mass is 509 g/mol. The van der Waals surface area contributed by atoms with Crippen LogP contribution in [0.25, 0.3) is 10.9 Å². The summed E-state index contributed by atoms with van der Waals surface area (Å²) in [7, 11) is -4.23. The van der Waals surface area contributed by atoms with Crippen LogP contribution in [0.4, 0.5) is 13.2 Å². The molecule has 11 heteroatoms. The van der Waals surface area contributed by atoms with Crippen molar-refractivity contribution < 1.29 is 36.2 Å². The fourth-order valence-corrected chi connectivity index (χ4v) is 5.24. The molecular formula is C23H15ClF3NO5S. The van der Waals surface area contributed by atoms with E-state index in [1.807, 2.05) is 0 Å². The number of benzene rings is 3. The van der Waals surface area contributed by atoms with Crippen LogP contribution in [0.15, 0.2) is 77.7 Å². The molecule has 34 heavy (non-hydrogen) atoms. The van der Waals surface area contributed by atoms with Crippen LogP contribution in [0.3, 0.4) is 0 Å². The second-order valence-corrected chi connectivity index (χ2v) is 9.53. The van der Waals surface area contributed by atoms with Crippen molar-refractivity contribution in [2.45, 2.75) is 17.7 Å². The van der Waals surface area contributed by atoms with Gasteiger partial charge in [0.1, 0.15) is 5.75 Å². The minimum Gasteiger partial charge on any atom is -0.478 e. The number of nitrogens with zero attached hydrogens (tertiary/aromatic N) is 1. The van der Waals surface area contributed by atoms with E-state index in [9.17, 15) is 26.4 Å². The average molecular weight is 510 g/mol. The van der Waals surface area contributed by atoms with Gasteiger partial charge in [0.05, 0.1) is 16.0 Å². The number of hydrogen-bond acceptors (Lipinski definition) is 4. The Balaban J connectivity index is 1.79. The maximum absolute atomic E-state index is 13.5. The molecular weight excluding hydrogens is 495 g/mol. The molecule has 3 aromatic carbocycles. The molecule has 0 fully saturated rings. The van der Waals surface area contributed by atoms with Gasteiger partial charge in [0, 0.05) is 22.5 Å². The zero-order valence-corrected chi connectivity index (χ0v) is 18.7. The number of hydrogen-bond donors (Lipinski definition) is 1. The minimum absolute atomic E-state index is 0.0878. The normalized spacial score (nSPS) is 12.1. The first-order chi connectivity index (χ1) is 15.9. The average Bonchev–Trinajstić information content (AvgIpc) is 3.11. The first-order valence-corrected chi connectivity index (χ1v) is 11.5. The van der Waals surface area contributed by atoms with Crippen molar-refractivity contribution in [3.05, 3.63) is 94.6 Å². The number of carboxylic acid groups (broad SMARTS) is 1. The molecule has 0 saturated carbocycles. The van der Waals surface area contributed by atoms with Crippen molar-refractivity contribution in [3.63, 3.8) is 0 Å². The lowest BCUT2D eigenvalue weighted by molar-refractivity contribution is -0.274. The molecule has 1 aromatic heterocycles. The van der Waals surface area contributed by atoms with E-state index in [0.717, 1.165) is 28.2 Å². The molecule has 0 saturated heterocycles. The Morgan fingerprint density at radius 1 is 0.971 bits per heavy atom. The molecule has 176 valence electrons. The lowest BCUT2D eigenvalue weighted by atomic mass is 10.1. The molecule has 4 rings (SSSR count). The number of aromatic carboxylic acids is 1. The van der Waals surface area contributed by atoms with E-state index in [4.69, 9.17) is 16.7 Å². The van der Waals surface area contributed by atoms with Gasteiger partial charge in [-0.25, -0.2) is 17.2 Å². The zero-order chi connectivity index (χ0) is 24.7. The molecule has 0 amide bonds. The van der Waals surface area contributed by atoms with Crippen LogP contribution in [0.1, 0.15) is 21.6 Å². The molecule has 0 aliphatic rings. The van der Waals surface area contributed by atoms with E-state index in [0.29, 0.717) is 27.2 Å². The molecule has 0 bridgehead atoms. The molecule has 1 heterocycles. The van der Waals surface area contributed by atoms with Crippen LogP contribution in [0.5, 0.6) is 5.75 Å². The number of alkyl halides is 3. The van der Waals surface area contributed by atoms with Gasteiger partial charge in [-0.2, -0.15) is 0 Å². The SMILES string of the molecule is O=C(O)c1ccc(Cc2cc3cc(Cl)ccc3n2S(=O)(=O)c2ccc(OC(F)(F)F)cc2)cc1. The number of ether oxygens (including phenoxy) is 1. The Hall–Kier alpha value is -3.50. The third kappa shape index (κ3) is 4.87. The summed E-state index contributed by atoms with van der Waals surface area (Å²) >= 11 is 6.07. The highest BCUT2D eigenvalue weighted by molar-refractivity contribution is 7.90. The maximum atomic E-state index is 13.5. The molecule has 0 spiro atoms. The van der Waals surface area contributed by atoms with Crippen LogP contribution in [0.2, 0.25) is 5.02 Å². The number of aromatic nitrogens is 1. The summed E-state index contributed by atoms with van der Waals surface area (Å²) < 4.78 is 69.3. The Labute approximate surface area is 196 Å². The van der Waals surface area contributed by atoms with E-state index in [-0.39, 0.29) is 16.9 Å². The molecule has 0 unspecified atom stereocenters. The third-order valence-electron chi connectivity index (χ3n) is 4.97. The number of fused-ring (bicyclic) bond motifs is 1. The van der Waals surface area contributed by atoms with Crippen LogP contribution in [-0.2, 0) is 16.4 Å². The van der Waals surface area contributed by atoms with Crippen molar-refractivity contribution in [2.24, 2.45) is 0 Å². The van der Waals surface area contributed by atoms with E-state index in [1.165, 1.54) is 24.3 Å². The van der Waals surface area contributed by atoms with Crippen molar-refractivity contribution in [2.75, 3.05) is 0 Å². The van der Waals surface area contributed by atoms with Crippen molar-refractivity contribution in [1.29, 1.82) is 0 Å². The summed E-state index contributed by atoms with van der Waals surface area (Å²) in [5.41, 5.74) is 1.43. The molecule has 0 aliphatic carbocycles. The summed E-state index contributed by atoms with van der Waals surface area (Å²) in [6.45, 7) is 0. The smallest absolute Gasteiger partial charge is 0.478 e. The topological polar surface area (TPSA) is 85.6 Å². The van der Waals surface area contributed by atoms with Gasteiger partial charge in [-0.05, 0) is 66.2 Å². The molecule has 1 N–H and O–H groups in total. The lowest BCUT2D eigenvalue weighted by Crippen LogP contribution is -2.18. The number of rotatable bonds is 6. The largest absolute Gasteiger partial charge is 0.573 e. The number of carbonyl (C=O) groups is 1. The third-order valence-corrected chi connectivity index (χ3v) is 6.99. The van der Waals surface area contributed by atoms with E-state index < -0.39 is 28.1 Å². The predicted molar refractivity (Wildman–Crippen MR) is 119 cm³/mol. The summed E-state index contributed by atoms with van der Waals surface area (Å²) in [5.74, 6) is -1.63. The van der Waals surface area contributed by atoms with E-state index in [2.05, 4.69) is 4.74 Å². The second-order valence-electron chi connectivity index (χ2n) is 7.31. The quantitative estimate of drug-likeness (QED) is 0.359. The van der Waals surface area contributed by atoms with Gasteiger partial charge in [-0.1, -0.05) is 23.7 Å². The number of halogens is 4. The Kier molecular flexibility index (Phi) is 6.05. The first-order valence-electron chi connectivity index (χ1n) is 9.67. The van der Waals surface area contributed by atoms with Gasteiger partial charge in [0.15, 0.2) is 0 Å². The van der Waals surface area contributed by atoms with E-state index in [1.54, 1.807) is 24.3 Å². The van der Waals surface area contributed by atoms with Crippen LogP contribution in [-0.4, -0.2) is 29.8 Å². The fraction of sp³-hybridized carbons (Fsp3) is 0.0870. The van der Waals surface area contributed by atoms with Gasteiger partial charge in [0.25, 0.3) is 10.0 Å². The fourth-order valence-electron chi connectivity index (χ4n) is 3.52. The van der Waals surface area contributed by atoms with Crippen molar-refractivity contribution >= 4 is 38.5 Å². The second kappa shape index (κ2) is 8.69. The predicted octanol–water partition coefficient (Wildman–Crippen LogP) is 5.72. The molecule has 0 aliphatic heterocycles. The number of carboxylic acids is 1. The minimum atomic E-state index is -4.90. The standard InChI is InChI=1S/C23H15ClF3NO5S/c24-17-5-10-21-16(12-17)13-18(11-14-1-3-15(4-2-14)22(29)30)28(21)34(31,32)20-8-6-19(7-9-20)33-23(25,26)27/h1-10,12-13H,11H2,(H,29,30). The highest BCUT2D eigenvalue weighted by Crippen LogP contribution is 2.31. The highest BCUT2D eigenvalue weighted by Gasteiger charge is 2.31. The van der Waals surface area contributed by atoms with Crippen LogP contribution < -0.4 is 4.74 Å². The molecule has 6 nitrogen and oxygen atoms in total. The summed E-state index contributed by atoms with van der Waals surface area (Å²) in [4.78, 5) is 10.9. The molecule has 0 atom stereocenters. The first kappa shape index (κ1) is 23.7. The van der Waals surface area contributed by atoms with Crippen molar-refractivity contribution in [3.8, 4) is 5.75 Å². The van der Waals surface area contributed by atoms with Crippen molar-refractivity contribution in [1.82, 2.24) is 3.97 Å². The molecule has 4 aromatic rings. The van der Waals surface area contributed by atoms with E-state index >= 15 is 0 Å². The zero-order valence-electron chi connectivity index (χ0n) is 17.1. The van der Waals surface area contributed by atoms with Gasteiger partial charge in [-0.3, -0.25) is 0 Å². The van der Waals surface area contributed by atoms with Gasteiger partial charge >= 0.3 is 12.3 Å². The van der Waals surface area contributed by atoms with Gasteiger partial charge in [0.2, 0.25) is 0 Å². The van der Waals surface area contributed by atoms with Crippen LogP contribution in [0, 0.1) is 0 Å². The molecule has 0 radical (unpaired) electrons. The highest BCUT2D eigenvalue weighted by atomic mass is 35.5. The lowest BCUT2D eigenvalue weighted by Gasteiger charge is -2.14. The van der Waals surface area contributed by atoms with Crippen LogP contribution >= 0.6 is 11.6 Å². The summed E-state index contributed by atoms with van der Waals surface area (Å²) in [5, 5.41) is 10.0.